The highest BCUT2D eigenvalue weighted by molar-refractivity contribution is 6.13. The van der Waals surface area contributed by atoms with Crippen LogP contribution in [0, 0.1) is 5.41 Å². The molecule has 1 aliphatic carbocycles. The van der Waals surface area contributed by atoms with Crippen LogP contribution in [0.5, 0.6) is 0 Å². The molecule has 1 aliphatic heterocycles. The fraction of sp³-hybridized carbons (Fsp3) is 0.600. The molecule has 1 aromatic rings. The third kappa shape index (κ3) is 3.33. The lowest BCUT2D eigenvalue weighted by atomic mass is 9.70. The highest BCUT2D eigenvalue weighted by atomic mass is 16.2. The minimum absolute atomic E-state index is 0.00380. The fourth-order valence-electron chi connectivity index (χ4n) is 4.88. The van der Waals surface area contributed by atoms with Crippen molar-refractivity contribution in [3.63, 3.8) is 0 Å². The van der Waals surface area contributed by atoms with E-state index in [4.69, 9.17) is 0 Å². The van der Waals surface area contributed by atoms with Gasteiger partial charge in [-0.05, 0) is 50.8 Å². The monoisotopic (exact) mass is 381 g/mol. The van der Waals surface area contributed by atoms with Crippen molar-refractivity contribution < 1.29 is 9.59 Å². The van der Waals surface area contributed by atoms with Gasteiger partial charge in [-0.1, -0.05) is 74.4 Å². The number of hydrogen-bond donors (Lipinski definition) is 0. The molecule has 0 unspecified atom stereocenters. The van der Waals surface area contributed by atoms with Crippen LogP contribution in [0.4, 0.5) is 0 Å². The number of amides is 2. The molecule has 28 heavy (non-hydrogen) atoms. The number of carbonyl (C=O) groups excluding carboxylic acids is 2. The van der Waals surface area contributed by atoms with Gasteiger partial charge in [0.2, 0.25) is 0 Å². The Labute approximate surface area is 170 Å². The predicted molar refractivity (Wildman–Crippen MR) is 114 cm³/mol. The van der Waals surface area contributed by atoms with Gasteiger partial charge in [-0.3, -0.25) is 14.5 Å². The van der Waals surface area contributed by atoms with E-state index in [9.17, 15) is 9.59 Å². The maximum absolute atomic E-state index is 12.6. The average Bonchev–Trinajstić information content (AvgIpc) is 3.04. The molecule has 0 fully saturated rings. The van der Waals surface area contributed by atoms with Gasteiger partial charge >= 0.3 is 0 Å². The van der Waals surface area contributed by atoms with Crippen molar-refractivity contribution in [2.24, 2.45) is 5.41 Å². The third-order valence-corrected chi connectivity index (χ3v) is 6.24. The van der Waals surface area contributed by atoms with Crippen LogP contribution in [0.1, 0.15) is 103 Å². The van der Waals surface area contributed by atoms with Gasteiger partial charge in [0.25, 0.3) is 11.8 Å². The van der Waals surface area contributed by atoms with E-state index in [1.807, 2.05) is 0 Å². The first-order valence-electron chi connectivity index (χ1n) is 10.4. The lowest BCUT2D eigenvalue weighted by Crippen LogP contribution is -2.34. The van der Waals surface area contributed by atoms with Crippen molar-refractivity contribution in [3.8, 4) is 0 Å². The molecule has 0 spiro atoms. The Morgan fingerprint density at radius 2 is 1.18 bits per heavy atom. The molecule has 0 aromatic heterocycles. The molecule has 3 heteroatoms. The zero-order valence-corrected chi connectivity index (χ0v) is 18.9. The number of imide groups is 1. The Hall–Kier alpha value is -1.90. The summed E-state index contributed by atoms with van der Waals surface area (Å²) in [7, 11) is 0. The second-order valence-corrected chi connectivity index (χ2v) is 11.5. The molecule has 3 nitrogen and oxygen atoms in total. The summed E-state index contributed by atoms with van der Waals surface area (Å²) >= 11 is 0. The molecule has 0 bridgehead atoms. The molecule has 0 N–H and O–H groups in total. The highest BCUT2D eigenvalue weighted by Crippen LogP contribution is 2.56. The van der Waals surface area contributed by atoms with Crippen molar-refractivity contribution >= 4 is 11.8 Å². The van der Waals surface area contributed by atoms with E-state index >= 15 is 0 Å². The first kappa shape index (κ1) is 20.8. The van der Waals surface area contributed by atoms with Gasteiger partial charge < -0.3 is 0 Å². The zero-order valence-electron chi connectivity index (χ0n) is 18.9. The predicted octanol–water partition coefficient (Wildman–Crippen LogP) is 5.78. The number of carbonyl (C=O) groups is 2. The summed E-state index contributed by atoms with van der Waals surface area (Å²) in [5, 5.41) is 0. The molecular formula is C25H35NO2. The van der Waals surface area contributed by atoms with Gasteiger partial charge in [0, 0.05) is 12.2 Å². The Bertz CT molecular complexity index is 838. The summed E-state index contributed by atoms with van der Waals surface area (Å²) in [4.78, 5) is 26.7. The minimum atomic E-state index is -0.189. The van der Waals surface area contributed by atoms with E-state index in [0.717, 1.165) is 6.42 Å². The Kier molecular flexibility index (Phi) is 4.69. The highest BCUT2D eigenvalue weighted by Gasteiger charge is 2.47. The summed E-state index contributed by atoms with van der Waals surface area (Å²) in [6, 6.07) is 4.33. The summed E-state index contributed by atoms with van der Waals surface area (Å²) in [6.07, 6.45) is 3.63. The van der Waals surface area contributed by atoms with Crippen LogP contribution in [0.25, 0.3) is 0 Å². The molecule has 2 atom stereocenters. The van der Waals surface area contributed by atoms with Crippen molar-refractivity contribution in [2.75, 3.05) is 0 Å². The fourth-order valence-corrected chi connectivity index (χ4v) is 4.88. The van der Waals surface area contributed by atoms with Crippen LogP contribution in [0.3, 0.4) is 0 Å². The summed E-state index contributed by atoms with van der Waals surface area (Å²) < 4.78 is 0. The molecule has 2 aliphatic rings. The van der Waals surface area contributed by atoms with Gasteiger partial charge in [0.05, 0.1) is 6.04 Å². The first-order valence-corrected chi connectivity index (χ1v) is 10.4. The smallest absolute Gasteiger partial charge is 0.254 e. The van der Waals surface area contributed by atoms with Crippen LogP contribution < -0.4 is 0 Å². The second kappa shape index (κ2) is 6.30. The summed E-state index contributed by atoms with van der Waals surface area (Å²) in [5.74, 6) is -0.0710. The van der Waals surface area contributed by atoms with Crippen molar-refractivity contribution in [2.45, 2.75) is 91.5 Å². The Balaban J connectivity index is 2.35. The van der Waals surface area contributed by atoms with Gasteiger partial charge in [0.15, 0.2) is 0 Å². The first-order chi connectivity index (χ1) is 12.6. The van der Waals surface area contributed by atoms with Crippen molar-refractivity contribution in [3.05, 3.63) is 46.5 Å². The molecule has 152 valence electrons. The lowest BCUT2D eigenvalue weighted by Gasteiger charge is -2.34. The van der Waals surface area contributed by atoms with Gasteiger partial charge in [0.1, 0.15) is 0 Å². The molecule has 0 saturated heterocycles. The van der Waals surface area contributed by atoms with E-state index in [-0.39, 0.29) is 34.1 Å². The van der Waals surface area contributed by atoms with Crippen LogP contribution in [-0.2, 0) is 20.4 Å². The molecule has 1 aromatic carbocycles. The number of hydrogen-bond acceptors (Lipinski definition) is 2. The number of nitrogens with zero attached hydrogens (tertiary/aromatic N) is 1. The van der Waals surface area contributed by atoms with Gasteiger partial charge in [-0.25, -0.2) is 0 Å². The van der Waals surface area contributed by atoms with E-state index in [1.54, 1.807) is 0 Å². The maximum atomic E-state index is 12.6. The maximum Gasteiger partial charge on any atom is 0.254 e. The molecule has 3 rings (SSSR count). The Morgan fingerprint density at radius 1 is 0.750 bits per heavy atom. The van der Waals surface area contributed by atoms with Crippen LogP contribution in [0.2, 0.25) is 0 Å². The number of rotatable bonds is 1. The summed E-state index contributed by atoms with van der Waals surface area (Å²) in [6.45, 7) is 20.2. The molecule has 0 saturated carbocycles. The molecule has 1 heterocycles. The van der Waals surface area contributed by atoms with E-state index in [1.165, 1.54) is 39.3 Å². The van der Waals surface area contributed by atoms with Gasteiger partial charge in [-0.2, -0.15) is 0 Å². The zero-order chi connectivity index (χ0) is 21.2. The lowest BCUT2D eigenvalue weighted by molar-refractivity contribution is -0.139. The average molecular weight is 382 g/mol. The molecular weight excluding hydrogens is 346 g/mol. The summed E-state index contributed by atoms with van der Waals surface area (Å²) in [5.41, 5.74) is 5.14. The van der Waals surface area contributed by atoms with Crippen molar-refractivity contribution in [1.82, 2.24) is 4.90 Å². The van der Waals surface area contributed by atoms with E-state index in [2.05, 4.69) is 74.4 Å². The third-order valence-electron chi connectivity index (χ3n) is 6.24. The number of benzene rings is 1. The largest absolute Gasteiger partial charge is 0.269 e. The molecule has 0 radical (unpaired) electrons. The number of fused-ring (bicyclic) bond motifs is 1. The SMILES string of the molecule is CC(C)(C)c1ccc(C(C)(C)C)c2c1[C@H](C(C)(C)C)C[C@@H]2N1C(=O)C=CC1=O. The van der Waals surface area contributed by atoms with Gasteiger partial charge in [-0.15, -0.1) is 0 Å². The van der Waals surface area contributed by atoms with E-state index in [0.29, 0.717) is 5.92 Å². The topological polar surface area (TPSA) is 37.4 Å². The standard InChI is InChI=1S/C25H35NO2/c1-23(2,3)15-10-11-16(24(4,5)6)22-18(26-19(27)12-13-20(26)28)14-17(21(15)22)25(7,8)9/h10-13,17-18H,14H2,1-9H3/t17-,18+/m1/s1. The minimum Gasteiger partial charge on any atom is -0.269 e. The van der Waals surface area contributed by atoms with Crippen molar-refractivity contribution in [1.29, 1.82) is 0 Å². The van der Waals surface area contributed by atoms with Crippen LogP contribution in [0.15, 0.2) is 24.3 Å². The normalized spacial score (nSPS) is 23.0. The van der Waals surface area contributed by atoms with E-state index < -0.39 is 0 Å². The van der Waals surface area contributed by atoms with Crippen LogP contribution >= 0.6 is 0 Å². The van der Waals surface area contributed by atoms with Crippen LogP contribution in [-0.4, -0.2) is 16.7 Å². The Morgan fingerprint density at radius 3 is 1.57 bits per heavy atom. The quantitative estimate of drug-likeness (QED) is 0.578. The molecule has 2 amide bonds. The second-order valence-electron chi connectivity index (χ2n) is 11.5.